The van der Waals surface area contributed by atoms with Gasteiger partial charge in [-0.05, 0) is 19.1 Å². The maximum Gasteiger partial charge on any atom is 0.343 e. The van der Waals surface area contributed by atoms with Crippen LogP contribution in [0.15, 0.2) is 41.3 Å². The molecule has 0 amide bonds. The fourth-order valence-corrected chi connectivity index (χ4v) is 2.31. The number of esters is 2. The number of hydrogen-bond donors (Lipinski definition) is 1. The van der Waals surface area contributed by atoms with E-state index >= 15 is 0 Å². The Hall–Kier alpha value is -3.49. The molecule has 0 radical (unpaired) electrons. The molecule has 0 saturated heterocycles. The van der Waals surface area contributed by atoms with Crippen molar-refractivity contribution in [1.82, 2.24) is 14.6 Å². The lowest BCUT2D eigenvalue weighted by Crippen LogP contribution is -2.18. The smallest absolute Gasteiger partial charge is 0.343 e. The van der Waals surface area contributed by atoms with Crippen molar-refractivity contribution < 1.29 is 23.5 Å². The molecule has 1 aromatic carbocycles. The highest BCUT2D eigenvalue weighted by Crippen LogP contribution is 2.11. The zero-order valence-electron chi connectivity index (χ0n) is 13.7. The molecule has 0 spiro atoms. The molecule has 0 aliphatic carbocycles. The topological polar surface area (TPSA) is 103 Å². The second kappa shape index (κ2) is 7.18. The van der Waals surface area contributed by atoms with Crippen LogP contribution in [0.3, 0.4) is 0 Å². The molecule has 0 aliphatic rings. The number of halogens is 1. The summed E-state index contributed by atoms with van der Waals surface area (Å²) in [7, 11) is 0. The van der Waals surface area contributed by atoms with Crippen molar-refractivity contribution in [3.63, 3.8) is 0 Å². The van der Waals surface area contributed by atoms with Gasteiger partial charge >= 0.3 is 11.9 Å². The molecule has 0 saturated carbocycles. The van der Waals surface area contributed by atoms with E-state index in [-0.39, 0.29) is 35.7 Å². The third-order valence-corrected chi connectivity index (χ3v) is 3.49. The number of carbonyl (C=O) groups excluding carboxylic acids is 2. The lowest BCUT2D eigenvalue weighted by atomic mass is 10.2. The number of ether oxygens (including phenoxy) is 2. The van der Waals surface area contributed by atoms with Gasteiger partial charge in [-0.25, -0.2) is 23.5 Å². The summed E-state index contributed by atoms with van der Waals surface area (Å²) in [5.41, 5.74) is -0.481. The number of aromatic nitrogens is 3. The highest BCUT2D eigenvalue weighted by Gasteiger charge is 2.18. The summed E-state index contributed by atoms with van der Waals surface area (Å²) in [5.74, 6) is -2.24. The highest BCUT2D eigenvalue weighted by atomic mass is 19.1. The van der Waals surface area contributed by atoms with E-state index in [1.807, 2.05) is 0 Å². The molecule has 26 heavy (non-hydrogen) atoms. The van der Waals surface area contributed by atoms with Crippen molar-refractivity contribution in [1.29, 1.82) is 0 Å². The molecule has 1 N–H and O–H groups in total. The van der Waals surface area contributed by atoms with E-state index in [9.17, 15) is 18.8 Å². The van der Waals surface area contributed by atoms with Gasteiger partial charge in [-0.1, -0.05) is 12.1 Å². The number of benzene rings is 1. The molecule has 0 fully saturated rings. The van der Waals surface area contributed by atoms with Crippen molar-refractivity contribution in [2.75, 3.05) is 6.61 Å². The van der Waals surface area contributed by atoms with E-state index in [4.69, 9.17) is 9.47 Å². The summed E-state index contributed by atoms with van der Waals surface area (Å²) < 4.78 is 24.6. The second-order valence-corrected chi connectivity index (χ2v) is 5.21. The summed E-state index contributed by atoms with van der Waals surface area (Å²) in [6, 6.07) is 6.52. The van der Waals surface area contributed by atoms with Crippen LogP contribution in [0, 0.1) is 5.82 Å². The van der Waals surface area contributed by atoms with Crippen LogP contribution in [0.2, 0.25) is 0 Å². The van der Waals surface area contributed by atoms with Gasteiger partial charge in [0.15, 0.2) is 5.65 Å². The van der Waals surface area contributed by atoms with Crippen LogP contribution >= 0.6 is 0 Å². The number of nitrogens with zero attached hydrogens (tertiary/aromatic N) is 2. The van der Waals surface area contributed by atoms with Crippen LogP contribution in [-0.4, -0.2) is 33.1 Å². The zero-order chi connectivity index (χ0) is 18.7. The van der Waals surface area contributed by atoms with Crippen LogP contribution in [0.4, 0.5) is 4.39 Å². The largest absolute Gasteiger partial charge is 0.462 e. The zero-order valence-corrected chi connectivity index (χ0v) is 13.7. The van der Waals surface area contributed by atoms with Gasteiger partial charge in [0, 0.05) is 12.3 Å². The SMILES string of the molecule is CCOC(=O)c1c[nH]n2c(=O)cc(COC(=O)c3ccccc3F)nc12. The van der Waals surface area contributed by atoms with Gasteiger partial charge in [-0.3, -0.25) is 9.89 Å². The third kappa shape index (κ3) is 3.32. The second-order valence-electron chi connectivity index (χ2n) is 5.21. The fraction of sp³-hybridized carbons (Fsp3) is 0.176. The lowest BCUT2D eigenvalue weighted by Gasteiger charge is -2.06. The summed E-state index contributed by atoms with van der Waals surface area (Å²) >= 11 is 0. The normalized spacial score (nSPS) is 10.7. The van der Waals surface area contributed by atoms with Crippen molar-refractivity contribution in [2.45, 2.75) is 13.5 Å². The molecule has 9 heteroatoms. The van der Waals surface area contributed by atoms with Crippen LogP contribution in [-0.2, 0) is 16.1 Å². The Kier molecular flexibility index (Phi) is 4.78. The van der Waals surface area contributed by atoms with E-state index in [1.165, 1.54) is 24.4 Å². The Balaban J connectivity index is 1.85. The van der Waals surface area contributed by atoms with E-state index in [1.54, 1.807) is 6.92 Å². The molecule has 0 unspecified atom stereocenters. The molecule has 3 rings (SSSR count). The third-order valence-electron chi connectivity index (χ3n) is 3.49. The molecule has 3 aromatic rings. The Bertz CT molecular complexity index is 1040. The first-order valence-electron chi connectivity index (χ1n) is 7.70. The molecule has 0 atom stereocenters. The van der Waals surface area contributed by atoms with Gasteiger partial charge in [0.25, 0.3) is 5.56 Å². The minimum absolute atomic E-state index is 0.0490. The average Bonchev–Trinajstić information content (AvgIpc) is 3.05. The Morgan fingerprint density at radius 2 is 1.92 bits per heavy atom. The van der Waals surface area contributed by atoms with Gasteiger partial charge in [-0.2, -0.15) is 0 Å². The summed E-state index contributed by atoms with van der Waals surface area (Å²) in [5, 5.41) is 2.60. The van der Waals surface area contributed by atoms with Crippen molar-refractivity contribution in [3.05, 3.63) is 69.5 Å². The van der Waals surface area contributed by atoms with Crippen LogP contribution < -0.4 is 5.56 Å². The maximum atomic E-state index is 13.6. The van der Waals surface area contributed by atoms with Crippen molar-refractivity contribution in [3.8, 4) is 0 Å². The van der Waals surface area contributed by atoms with Crippen LogP contribution in [0.5, 0.6) is 0 Å². The molecule has 134 valence electrons. The first-order chi connectivity index (χ1) is 12.5. The van der Waals surface area contributed by atoms with E-state index in [2.05, 4.69) is 10.1 Å². The fourth-order valence-electron chi connectivity index (χ4n) is 2.31. The van der Waals surface area contributed by atoms with Gasteiger partial charge in [0.05, 0.1) is 17.9 Å². The average molecular weight is 359 g/mol. The van der Waals surface area contributed by atoms with E-state index < -0.39 is 23.3 Å². The first-order valence-corrected chi connectivity index (χ1v) is 7.70. The quantitative estimate of drug-likeness (QED) is 0.696. The molecule has 0 aliphatic heterocycles. The number of nitrogens with one attached hydrogen (secondary N) is 1. The predicted molar refractivity (Wildman–Crippen MR) is 87.3 cm³/mol. The van der Waals surface area contributed by atoms with E-state index in [0.29, 0.717) is 0 Å². The summed E-state index contributed by atoms with van der Waals surface area (Å²) in [6.45, 7) is 1.46. The Morgan fingerprint density at radius 3 is 2.65 bits per heavy atom. The van der Waals surface area contributed by atoms with Gasteiger partial charge in [0.2, 0.25) is 0 Å². The number of hydrogen-bond acceptors (Lipinski definition) is 6. The molecule has 8 nitrogen and oxygen atoms in total. The molecular weight excluding hydrogens is 345 g/mol. The van der Waals surface area contributed by atoms with Crippen LogP contribution in [0.25, 0.3) is 5.65 Å². The summed E-state index contributed by atoms with van der Waals surface area (Å²) in [6.07, 6.45) is 1.30. The van der Waals surface area contributed by atoms with Crippen molar-refractivity contribution in [2.24, 2.45) is 0 Å². The standard InChI is InChI=1S/C17H14FN3O5/c1-2-25-17(24)12-8-19-21-14(22)7-10(20-15(12)21)9-26-16(23)11-5-3-4-6-13(11)18/h3-8,19H,2,9H2,1H3. The summed E-state index contributed by atoms with van der Waals surface area (Å²) in [4.78, 5) is 40.1. The molecule has 0 bridgehead atoms. The van der Waals surface area contributed by atoms with Crippen LogP contribution in [0.1, 0.15) is 33.3 Å². The minimum Gasteiger partial charge on any atom is -0.462 e. The van der Waals surface area contributed by atoms with E-state index in [0.717, 1.165) is 16.6 Å². The van der Waals surface area contributed by atoms with Crippen molar-refractivity contribution >= 4 is 17.6 Å². The Morgan fingerprint density at radius 1 is 1.19 bits per heavy atom. The number of fused-ring (bicyclic) bond motifs is 1. The molecule has 2 aromatic heterocycles. The number of aromatic amines is 1. The number of H-pyrrole nitrogens is 1. The van der Waals surface area contributed by atoms with Gasteiger partial charge in [-0.15, -0.1) is 0 Å². The molecule has 2 heterocycles. The highest BCUT2D eigenvalue weighted by molar-refractivity contribution is 5.95. The monoisotopic (exact) mass is 359 g/mol. The first kappa shape index (κ1) is 17.3. The molecular formula is C17H14FN3O5. The number of rotatable bonds is 5. The number of carbonyl (C=O) groups is 2. The lowest BCUT2D eigenvalue weighted by molar-refractivity contribution is 0.0460. The maximum absolute atomic E-state index is 13.6. The minimum atomic E-state index is -0.884. The van der Waals surface area contributed by atoms with Gasteiger partial charge in [0.1, 0.15) is 18.0 Å². The predicted octanol–water partition coefficient (Wildman–Crippen LogP) is 1.70. The Labute approximate surface area is 146 Å². The van der Waals surface area contributed by atoms with Gasteiger partial charge < -0.3 is 9.47 Å².